The predicted molar refractivity (Wildman–Crippen MR) is 189 cm³/mol. The number of hydrogen-bond donors (Lipinski definition) is 3. The van der Waals surface area contributed by atoms with Gasteiger partial charge in [0.15, 0.2) is 0 Å². The molecule has 0 saturated carbocycles. The van der Waals surface area contributed by atoms with E-state index in [1.165, 1.54) is 6.07 Å². The smallest absolute Gasteiger partial charge is 0.320 e. The summed E-state index contributed by atoms with van der Waals surface area (Å²) >= 11 is 14.3. The molecule has 258 valence electrons. The van der Waals surface area contributed by atoms with Crippen molar-refractivity contribution in [2.45, 2.75) is 50.1 Å². The van der Waals surface area contributed by atoms with Crippen molar-refractivity contribution in [1.29, 1.82) is 0 Å². The van der Waals surface area contributed by atoms with Crippen LogP contribution >= 0.6 is 35.0 Å². The average Bonchev–Trinajstić information content (AvgIpc) is 3.55. The molecule has 4 N–H and O–H groups in total. The molecular formula is C35H36Cl2FN5O5S. The predicted octanol–water partition coefficient (Wildman–Crippen LogP) is 6.57. The fourth-order valence-electron chi connectivity index (χ4n) is 5.41. The summed E-state index contributed by atoms with van der Waals surface area (Å²) in [5.41, 5.74) is 9.13. The minimum Gasteiger partial charge on any atom is -0.493 e. The number of aromatic nitrogens is 2. The molecule has 0 spiro atoms. The second-order valence-corrected chi connectivity index (χ2v) is 13.5. The van der Waals surface area contributed by atoms with Crippen molar-refractivity contribution in [2.24, 2.45) is 5.73 Å². The van der Waals surface area contributed by atoms with Gasteiger partial charge in [-0.2, -0.15) is 5.10 Å². The molecule has 3 aromatic carbocycles. The summed E-state index contributed by atoms with van der Waals surface area (Å²) in [4.78, 5) is 39.5. The summed E-state index contributed by atoms with van der Waals surface area (Å²) in [5.74, 6) is -0.831. The zero-order chi connectivity index (χ0) is 35.1. The van der Waals surface area contributed by atoms with E-state index in [9.17, 15) is 14.4 Å². The zero-order valence-corrected chi connectivity index (χ0v) is 29.1. The Morgan fingerprint density at radius 2 is 1.94 bits per heavy atom. The van der Waals surface area contributed by atoms with Crippen molar-refractivity contribution in [2.75, 3.05) is 30.3 Å². The summed E-state index contributed by atoms with van der Waals surface area (Å²) in [6.45, 7) is 3.11. The van der Waals surface area contributed by atoms with E-state index in [1.807, 2.05) is 48.2 Å². The number of aliphatic carboxylic acids is 1. The van der Waals surface area contributed by atoms with Gasteiger partial charge < -0.3 is 25.8 Å². The normalized spacial score (nSPS) is 13.1. The monoisotopic (exact) mass is 727 g/mol. The van der Waals surface area contributed by atoms with Crippen LogP contribution in [0, 0.1) is 12.7 Å². The zero-order valence-electron chi connectivity index (χ0n) is 26.8. The third-order valence-electron chi connectivity index (χ3n) is 8.12. The van der Waals surface area contributed by atoms with Crippen LogP contribution in [0.15, 0.2) is 65.8 Å². The first-order chi connectivity index (χ1) is 23.5. The molecular weight excluding hydrogens is 692 g/mol. The van der Waals surface area contributed by atoms with Gasteiger partial charge in [-0.25, -0.2) is 4.39 Å². The molecule has 0 bridgehead atoms. The molecule has 0 radical (unpaired) electrons. The average molecular weight is 729 g/mol. The van der Waals surface area contributed by atoms with E-state index in [4.69, 9.17) is 38.8 Å². The molecule has 14 heteroatoms. The van der Waals surface area contributed by atoms with Crippen LogP contribution in [-0.4, -0.2) is 64.2 Å². The molecule has 0 saturated heterocycles. The number of rotatable bonds is 14. The summed E-state index contributed by atoms with van der Waals surface area (Å²) in [7, 11) is 0. The van der Waals surface area contributed by atoms with E-state index in [-0.39, 0.29) is 41.6 Å². The number of nitrogens with zero attached hydrogens (tertiary/aromatic N) is 3. The first-order valence-electron chi connectivity index (χ1n) is 15.7. The number of ether oxygens (including phenoxy) is 1. The number of halogens is 3. The van der Waals surface area contributed by atoms with Crippen LogP contribution in [0.4, 0.5) is 10.1 Å². The molecule has 5 rings (SSSR count). The van der Waals surface area contributed by atoms with Crippen molar-refractivity contribution in [3.8, 4) is 16.9 Å². The number of benzene rings is 3. The molecule has 4 aromatic rings. The second-order valence-electron chi connectivity index (χ2n) is 11.6. The first kappa shape index (κ1) is 36.2. The number of hydrogen-bond acceptors (Lipinski definition) is 7. The van der Waals surface area contributed by atoms with Gasteiger partial charge in [-0.3, -0.25) is 19.1 Å². The lowest BCUT2D eigenvalue weighted by Crippen LogP contribution is -2.35. The minimum absolute atomic E-state index is 0.0189. The number of nitrogens with one attached hydrogen (secondary N) is 1. The number of anilines is 1. The van der Waals surface area contributed by atoms with Gasteiger partial charge in [0.2, 0.25) is 5.91 Å². The lowest BCUT2D eigenvalue weighted by molar-refractivity contribution is -0.138. The number of carbonyl (C=O) groups excluding carboxylic acids is 2. The van der Waals surface area contributed by atoms with Gasteiger partial charge in [-0.15, -0.1) is 11.8 Å². The van der Waals surface area contributed by atoms with Crippen LogP contribution in [0.3, 0.4) is 0 Å². The fraction of sp³-hybridized carbons (Fsp3) is 0.314. The summed E-state index contributed by atoms with van der Waals surface area (Å²) in [6, 6.07) is 12.8. The number of carboxylic acids is 1. The number of thioether (sulfide) groups is 1. The molecule has 2 heterocycles. The van der Waals surface area contributed by atoms with Crippen LogP contribution in [0.25, 0.3) is 11.1 Å². The molecule has 49 heavy (non-hydrogen) atoms. The van der Waals surface area contributed by atoms with Crippen molar-refractivity contribution >= 4 is 58.4 Å². The number of carbonyl (C=O) groups is 3. The van der Waals surface area contributed by atoms with Crippen molar-refractivity contribution in [3.05, 3.63) is 93.5 Å². The topological polar surface area (TPSA) is 140 Å². The maximum atomic E-state index is 15.2. The Morgan fingerprint density at radius 3 is 2.71 bits per heavy atom. The second kappa shape index (κ2) is 16.5. The van der Waals surface area contributed by atoms with Gasteiger partial charge in [0.25, 0.3) is 5.91 Å². The Balaban J connectivity index is 1.21. The highest BCUT2D eigenvalue weighted by Gasteiger charge is 2.26. The molecule has 0 fully saturated rings. The Hall–Kier alpha value is -4.10. The first-order valence-corrected chi connectivity index (χ1v) is 17.5. The summed E-state index contributed by atoms with van der Waals surface area (Å²) < 4.78 is 22.6. The Bertz CT molecular complexity index is 1830. The lowest BCUT2D eigenvalue weighted by Gasteiger charge is -2.30. The third-order valence-corrected chi connectivity index (χ3v) is 9.97. The SMILES string of the molecule is Cc1c(Cl)cccc1OCCCC(=O)N1CCSc2c(-c3cnn(Cc4c(F)cc(C(=O)NCCCC(N)C(=O)O)cc4Cl)c3)cccc21. The van der Waals surface area contributed by atoms with Crippen LogP contribution in [0.1, 0.15) is 47.2 Å². The van der Waals surface area contributed by atoms with Gasteiger partial charge >= 0.3 is 5.97 Å². The Kier molecular flexibility index (Phi) is 12.2. The van der Waals surface area contributed by atoms with Gasteiger partial charge in [-0.05, 0) is 56.5 Å². The molecule has 2 amide bonds. The van der Waals surface area contributed by atoms with Crippen LogP contribution in [0.5, 0.6) is 5.75 Å². The number of amides is 2. The van der Waals surface area contributed by atoms with Crippen LogP contribution in [-0.2, 0) is 16.1 Å². The van der Waals surface area contributed by atoms with Gasteiger partial charge in [0.05, 0.1) is 25.0 Å². The van der Waals surface area contributed by atoms with E-state index in [0.29, 0.717) is 43.2 Å². The number of carboxylic acid groups (broad SMARTS) is 1. The highest BCUT2D eigenvalue weighted by atomic mass is 35.5. The highest BCUT2D eigenvalue weighted by Crippen LogP contribution is 2.42. The van der Waals surface area contributed by atoms with Gasteiger partial charge in [0.1, 0.15) is 17.6 Å². The Morgan fingerprint density at radius 1 is 1.14 bits per heavy atom. The van der Waals surface area contributed by atoms with Gasteiger partial charge in [-0.1, -0.05) is 41.4 Å². The molecule has 1 unspecified atom stereocenters. The Labute approximate surface area is 297 Å². The van der Waals surface area contributed by atoms with E-state index in [2.05, 4.69) is 10.4 Å². The number of nitrogens with two attached hydrogens (primary N) is 1. The van der Waals surface area contributed by atoms with Crippen LogP contribution < -0.4 is 20.7 Å². The molecule has 1 atom stereocenters. The minimum atomic E-state index is -1.11. The third kappa shape index (κ3) is 8.93. The van der Waals surface area contributed by atoms with Crippen molar-refractivity contribution in [3.63, 3.8) is 0 Å². The quantitative estimate of drug-likeness (QED) is 0.124. The molecule has 10 nitrogen and oxygen atoms in total. The van der Waals surface area contributed by atoms with E-state index >= 15 is 4.39 Å². The molecule has 1 aliphatic rings. The fourth-order valence-corrected chi connectivity index (χ4v) is 6.98. The van der Waals surface area contributed by atoms with Crippen LogP contribution in [0.2, 0.25) is 10.0 Å². The summed E-state index contributed by atoms with van der Waals surface area (Å²) in [5, 5.41) is 16.7. The lowest BCUT2D eigenvalue weighted by atomic mass is 10.1. The van der Waals surface area contributed by atoms with E-state index < -0.39 is 23.7 Å². The van der Waals surface area contributed by atoms with Crippen molar-refractivity contribution in [1.82, 2.24) is 15.1 Å². The molecule has 1 aromatic heterocycles. The highest BCUT2D eigenvalue weighted by molar-refractivity contribution is 7.99. The van der Waals surface area contributed by atoms with E-state index in [1.54, 1.807) is 28.8 Å². The molecule has 1 aliphatic heterocycles. The van der Waals surface area contributed by atoms with Crippen molar-refractivity contribution < 1.29 is 28.6 Å². The maximum Gasteiger partial charge on any atom is 0.320 e. The molecule has 0 aliphatic carbocycles. The van der Waals surface area contributed by atoms with E-state index in [0.717, 1.165) is 39.1 Å². The largest absolute Gasteiger partial charge is 0.493 e. The standard InChI is InChI=1S/C35H36Cl2FN5O5S/c1-21-26(36)7-3-10-31(21)48-14-5-11-32(44)43-13-15-49-33-24(6-2-9-30(33)43)23-18-41-42(19-23)20-25-27(37)16-22(17-28(25)38)34(45)40-12-4-8-29(39)35(46)47/h2-3,6-7,9-10,16-19,29H,4-5,8,11-15,20,39H2,1H3,(H,40,45)(H,46,47). The van der Waals surface area contributed by atoms with Gasteiger partial charge in [0, 0.05) is 74.2 Å². The maximum absolute atomic E-state index is 15.2. The number of fused-ring (bicyclic) bond motifs is 1. The summed E-state index contributed by atoms with van der Waals surface area (Å²) in [6.07, 6.45) is 4.93.